The largest absolute Gasteiger partial charge is 0.449 e. The van der Waals surface area contributed by atoms with Gasteiger partial charge in [0, 0.05) is 40.8 Å². The van der Waals surface area contributed by atoms with E-state index in [-0.39, 0.29) is 17.4 Å². The van der Waals surface area contributed by atoms with Gasteiger partial charge in [-0.3, -0.25) is 19.8 Å². The first-order valence-electron chi connectivity index (χ1n) is 10.9. The molecule has 0 bridgehead atoms. The summed E-state index contributed by atoms with van der Waals surface area (Å²) < 4.78 is 33.0. The predicted octanol–water partition coefficient (Wildman–Crippen LogP) is 4.66. The molecule has 0 aliphatic heterocycles. The van der Waals surface area contributed by atoms with Crippen molar-refractivity contribution >= 4 is 39.1 Å². The third-order valence-electron chi connectivity index (χ3n) is 4.80. The molecule has 0 spiro atoms. The van der Waals surface area contributed by atoms with Crippen molar-refractivity contribution < 1.29 is 22.7 Å². The van der Waals surface area contributed by atoms with E-state index in [0.717, 1.165) is 5.69 Å². The van der Waals surface area contributed by atoms with E-state index in [4.69, 9.17) is 4.74 Å². The van der Waals surface area contributed by atoms with E-state index in [1.165, 1.54) is 24.3 Å². The molecule has 184 valence electrons. The highest BCUT2D eigenvalue weighted by Gasteiger charge is 2.21. The van der Waals surface area contributed by atoms with Crippen LogP contribution in [0.2, 0.25) is 0 Å². The van der Waals surface area contributed by atoms with Gasteiger partial charge in [-0.25, -0.2) is 13.2 Å². The van der Waals surface area contributed by atoms with Gasteiger partial charge in [0.2, 0.25) is 5.91 Å². The lowest BCUT2D eigenvalue weighted by Gasteiger charge is -2.17. The number of amides is 2. The van der Waals surface area contributed by atoms with E-state index >= 15 is 0 Å². The van der Waals surface area contributed by atoms with Gasteiger partial charge < -0.3 is 10.1 Å². The van der Waals surface area contributed by atoms with E-state index in [0.29, 0.717) is 23.5 Å². The number of nitrogens with zero attached hydrogens (tertiary/aromatic N) is 1. The molecule has 3 N–H and O–H groups in total. The first-order chi connectivity index (χ1) is 16.5. The molecule has 9 nitrogen and oxygen atoms in total. The van der Waals surface area contributed by atoms with Crippen LogP contribution in [-0.2, 0) is 26.0 Å². The fraction of sp³-hybridized carbons (Fsp3) is 0.240. The maximum absolute atomic E-state index is 12.7. The van der Waals surface area contributed by atoms with Gasteiger partial charge in [0.25, 0.3) is 10.0 Å². The quantitative estimate of drug-likeness (QED) is 0.416. The Morgan fingerprint density at radius 3 is 2.06 bits per heavy atom. The van der Waals surface area contributed by atoms with Crippen LogP contribution in [0.5, 0.6) is 0 Å². The van der Waals surface area contributed by atoms with Gasteiger partial charge in [-0.2, -0.15) is 0 Å². The van der Waals surface area contributed by atoms with Crippen molar-refractivity contribution in [1.82, 2.24) is 4.98 Å². The van der Waals surface area contributed by atoms with Gasteiger partial charge in [0.15, 0.2) is 0 Å². The van der Waals surface area contributed by atoms with Crippen molar-refractivity contribution in [2.75, 3.05) is 22.0 Å². The fourth-order valence-electron chi connectivity index (χ4n) is 2.82. The number of sulfonamides is 1. The van der Waals surface area contributed by atoms with Crippen LogP contribution in [0.3, 0.4) is 0 Å². The van der Waals surface area contributed by atoms with Crippen LogP contribution < -0.4 is 15.4 Å². The highest BCUT2D eigenvalue weighted by Crippen LogP contribution is 2.22. The van der Waals surface area contributed by atoms with Crippen LogP contribution in [0.1, 0.15) is 26.5 Å². The van der Waals surface area contributed by atoms with Crippen molar-refractivity contribution in [3.63, 3.8) is 0 Å². The first kappa shape index (κ1) is 25.7. The molecule has 0 aliphatic carbocycles. The average Bonchev–Trinajstić information content (AvgIpc) is 2.80. The van der Waals surface area contributed by atoms with E-state index in [1.807, 2.05) is 18.2 Å². The second kappa shape index (κ2) is 11.0. The molecule has 0 unspecified atom stereocenters. The topological polar surface area (TPSA) is 126 Å². The Morgan fingerprint density at radius 1 is 0.857 bits per heavy atom. The zero-order valence-corrected chi connectivity index (χ0v) is 20.6. The second-order valence-corrected chi connectivity index (χ2v) is 10.4. The smallest absolute Gasteiger partial charge is 0.411 e. The number of rotatable bonds is 8. The van der Waals surface area contributed by atoms with Crippen molar-refractivity contribution in [2.24, 2.45) is 5.41 Å². The first-order valence-corrected chi connectivity index (χ1v) is 12.4. The number of aromatic nitrogens is 1. The SMILES string of the molecule is CC(C)(C)C(=O)Nc1ccc(NS(=O)(=O)c2ccc(NC(=O)OCCc3ccccn3)cc2)cc1. The number of carbonyl (C=O) groups excluding carboxylic acids is 2. The van der Waals surface area contributed by atoms with Crippen molar-refractivity contribution in [3.05, 3.63) is 78.6 Å². The molecule has 2 aromatic carbocycles. The third-order valence-corrected chi connectivity index (χ3v) is 6.20. The number of hydrogen-bond acceptors (Lipinski definition) is 6. The predicted molar refractivity (Wildman–Crippen MR) is 135 cm³/mol. The summed E-state index contributed by atoms with van der Waals surface area (Å²) in [5.41, 5.74) is 1.57. The number of hydrogen-bond donors (Lipinski definition) is 3. The molecule has 0 aliphatic rings. The van der Waals surface area contributed by atoms with Gasteiger partial charge in [-0.15, -0.1) is 0 Å². The molecule has 0 atom stereocenters. The summed E-state index contributed by atoms with van der Waals surface area (Å²) in [5, 5.41) is 5.34. The molecule has 10 heteroatoms. The lowest BCUT2D eigenvalue weighted by atomic mass is 9.95. The van der Waals surface area contributed by atoms with Crippen molar-refractivity contribution in [2.45, 2.75) is 32.1 Å². The maximum Gasteiger partial charge on any atom is 0.411 e. The number of carbonyl (C=O) groups is 2. The van der Waals surface area contributed by atoms with Crippen molar-refractivity contribution in [3.8, 4) is 0 Å². The summed E-state index contributed by atoms with van der Waals surface area (Å²) in [5.74, 6) is -0.142. The normalized spacial score (nSPS) is 11.4. The Bertz CT molecular complexity index is 1250. The van der Waals surface area contributed by atoms with Crippen LogP contribution in [0.25, 0.3) is 0 Å². The molecule has 0 fully saturated rings. The Balaban J connectivity index is 1.53. The van der Waals surface area contributed by atoms with Crippen LogP contribution >= 0.6 is 0 Å². The standard InChI is InChI=1S/C25H28N4O5S/c1-25(2,3)23(30)27-19-7-9-21(10-8-19)29-35(32,33)22-13-11-20(12-14-22)28-24(31)34-17-15-18-6-4-5-16-26-18/h4-14,16,29H,15,17H2,1-3H3,(H,27,30)(H,28,31). The van der Waals surface area contributed by atoms with E-state index < -0.39 is 21.5 Å². The van der Waals surface area contributed by atoms with Crippen LogP contribution in [-0.4, -0.2) is 32.0 Å². The molecule has 1 aromatic heterocycles. The Hall–Kier alpha value is -3.92. The maximum atomic E-state index is 12.7. The van der Waals surface area contributed by atoms with Crippen LogP contribution in [0.15, 0.2) is 77.8 Å². The number of anilines is 3. The minimum Gasteiger partial charge on any atom is -0.449 e. The van der Waals surface area contributed by atoms with Gasteiger partial charge in [0.1, 0.15) is 0 Å². The van der Waals surface area contributed by atoms with Gasteiger partial charge in [0.05, 0.1) is 11.5 Å². The zero-order valence-electron chi connectivity index (χ0n) is 19.7. The lowest BCUT2D eigenvalue weighted by molar-refractivity contribution is -0.123. The van der Waals surface area contributed by atoms with Gasteiger partial charge in [-0.05, 0) is 60.7 Å². The summed E-state index contributed by atoms with van der Waals surface area (Å²) in [6.07, 6.45) is 1.51. The second-order valence-electron chi connectivity index (χ2n) is 8.74. The lowest BCUT2D eigenvalue weighted by Crippen LogP contribution is -2.27. The molecular formula is C25H28N4O5S. The van der Waals surface area contributed by atoms with E-state index in [1.54, 1.807) is 51.2 Å². The van der Waals surface area contributed by atoms with Crippen molar-refractivity contribution in [1.29, 1.82) is 0 Å². The molecule has 0 saturated carbocycles. The van der Waals surface area contributed by atoms with E-state index in [2.05, 4.69) is 20.3 Å². The summed E-state index contributed by atoms with van der Waals surface area (Å²) >= 11 is 0. The number of nitrogens with one attached hydrogen (secondary N) is 3. The minimum atomic E-state index is -3.85. The molecule has 0 radical (unpaired) electrons. The molecule has 1 heterocycles. The Kier molecular flexibility index (Phi) is 8.08. The Labute approximate surface area is 205 Å². The molecule has 2 amide bonds. The molecular weight excluding hydrogens is 468 g/mol. The zero-order chi connectivity index (χ0) is 25.5. The summed E-state index contributed by atoms with van der Waals surface area (Å²) in [6, 6.07) is 17.6. The molecule has 35 heavy (non-hydrogen) atoms. The highest BCUT2D eigenvalue weighted by molar-refractivity contribution is 7.92. The number of pyridine rings is 1. The fourth-order valence-corrected chi connectivity index (χ4v) is 3.88. The highest BCUT2D eigenvalue weighted by atomic mass is 32.2. The monoisotopic (exact) mass is 496 g/mol. The number of benzene rings is 2. The third kappa shape index (κ3) is 7.82. The summed E-state index contributed by atoms with van der Waals surface area (Å²) in [7, 11) is -3.85. The van der Waals surface area contributed by atoms with Gasteiger partial charge >= 0.3 is 6.09 Å². The van der Waals surface area contributed by atoms with Crippen LogP contribution in [0, 0.1) is 5.41 Å². The summed E-state index contributed by atoms with van der Waals surface area (Å²) in [6.45, 7) is 5.58. The molecule has 3 rings (SSSR count). The van der Waals surface area contributed by atoms with E-state index in [9.17, 15) is 18.0 Å². The molecule has 0 saturated heterocycles. The minimum absolute atomic E-state index is 0.0247. The van der Waals surface area contributed by atoms with Gasteiger partial charge in [-0.1, -0.05) is 26.8 Å². The van der Waals surface area contributed by atoms with Crippen LogP contribution in [0.4, 0.5) is 21.9 Å². The Morgan fingerprint density at radius 2 is 1.46 bits per heavy atom. The summed E-state index contributed by atoms with van der Waals surface area (Å²) in [4.78, 5) is 28.2. The average molecular weight is 497 g/mol. The number of ether oxygens (including phenoxy) is 1. The molecule has 3 aromatic rings.